The topological polar surface area (TPSA) is 72.8 Å². The summed E-state index contributed by atoms with van der Waals surface area (Å²) in [7, 11) is 0. The van der Waals surface area contributed by atoms with E-state index < -0.39 is 0 Å². The highest BCUT2D eigenvalue weighted by Gasteiger charge is 2.31. The van der Waals surface area contributed by atoms with Gasteiger partial charge in [0.25, 0.3) is 5.91 Å². The number of amides is 1. The molecular weight excluding hydrogens is 256 g/mol. The third kappa shape index (κ3) is 2.72. The fraction of sp³-hybridized carbons (Fsp3) is 0.533. The van der Waals surface area contributed by atoms with Crippen LogP contribution in [0.4, 0.5) is 0 Å². The van der Waals surface area contributed by atoms with Crippen molar-refractivity contribution in [2.75, 3.05) is 13.1 Å². The van der Waals surface area contributed by atoms with Gasteiger partial charge in [-0.1, -0.05) is 19.9 Å². The monoisotopic (exact) mass is 278 g/mol. The van der Waals surface area contributed by atoms with E-state index in [1.807, 2.05) is 6.92 Å². The zero-order valence-corrected chi connectivity index (χ0v) is 12.0. The quantitative estimate of drug-likeness (QED) is 0.736. The summed E-state index contributed by atoms with van der Waals surface area (Å²) in [4.78, 5) is 14.4. The van der Waals surface area contributed by atoms with Crippen LogP contribution >= 0.6 is 0 Å². The molecule has 1 saturated heterocycles. The van der Waals surface area contributed by atoms with E-state index in [1.165, 1.54) is 6.07 Å². The first-order valence-corrected chi connectivity index (χ1v) is 7.13. The number of hydrogen-bond donors (Lipinski definition) is 3. The molecule has 110 valence electrons. The van der Waals surface area contributed by atoms with Crippen LogP contribution in [0.25, 0.3) is 0 Å². The number of nitrogens with zero attached hydrogens (tertiary/aromatic N) is 1. The van der Waals surface area contributed by atoms with Gasteiger partial charge in [0.2, 0.25) is 0 Å². The average molecular weight is 278 g/mol. The molecule has 1 aromatic carbocycles. The molecule has 0 aliphatic carbocycles. The highest BCUT2D eigenvalue weighted by molar-refractivity contribution is 5.97. The molecule has 0 spiro atoms. The minimum absolute atomic E-state index is 0.118. The van der Waals surface area contributed by atoms with E-state index in [-0.39, 0.29) is 35.1 Å². The molecule has 1 fully saturated rings. The Labute approximate surface area is 119 Å². The summed E-state index contributed by atoms with van der Waals surface area (Å²) in [5.74, 6) is -0.810. The first kappa shape index (κ1) is 14.7. The molecule has 5 heteroatoms. The van der Waals surface area contributed by atoms with Gasteiger partial charge >= 0.3 is 0 Å². The molecule has 1 aliphatic rings. The Hall–Kier alpha value is -1.75. The first-order valence-electron chi connectivity index (χ1n) is 7.13. The first-order chi connectivity index (χ1) is 9.58. The van der Waals surface area contributed by atoms with Crippen LogP contribution in [0.3, 0.4) is 0 Å². The van der Waals surface area contributed by atoms with E-state index in [9.17, 15) is 15.0 Å². The lowest BCUT2D eigenvalue weighted by Gasteiger charge is -2.40. The molecule has 2 unspecified atom stereocenters. The Morgan fingerprint density at radius 3 is 2.75 bits per heavy atom. The molecule has 5 nitrogen and oxygen atoms in total. The SMILES string of the molecule is CCC1CN(C(=O)c2cccc(O)c2O)C(CC)CN1. The van der Waals surface area contributed by atoms with Crippen LogP contribution in [0, 0.1) is 0 Å². The number of aromatic hydroxyl groups is 2. The van der Waals surface area contributed by atoms with Crippen molar-refractivity contribution in [3.8, 4) is 11.5 Å². The van der Waals surface area contributed by atoms with E-state index in [2.05, 4.69) is 12.2 Å². The predicted molar refractivity (Wildman–Crippen MR) is 77.0 cm³/mol. The fourth-order valence-electron chi connectivity index (χ4n) is 2.61. The zero-order chi connectivity index (χ0) is 14.7. The lowest BCUT2D eigenvalue weighted by Crippen LogP contribution is -2.57. The number of hydrogen-bond acceptors (Lipinski definition) is 4. The summed E-state index contributed by atoms with van der Waals surface area (Å²) < 4.78 is 0. The van der Waals surface area contributed by atoms with E-state index in [0.717, 1.165) is 19.4 Å². The van der Waals surface area contributed by atoms with Gasteiger partial charge in [0.05, 0.1) is 5.56 Å². The van der Waals surface area contributed by atoms with Gasteiger partial charge < -0.3 is 20.4 Å². The van der Waals surface area contributed by atoms with Crippen LogP contribution in [-0.4, -0.2) is 46.2 Å². The van der Waals surface area contributed by atoms with Gasteiger partial charge in [-0.05, 0) is 25.0 Å². The normalized spacial score (nSPS) is 22.8. The van der Waals surface area contributed by atoms with Crippen molar-refractivity contribution in [1.29, 1.82) is 0 Å². The maximum absolute atomic E-state index is 12.6. The van der Waals surface area contributed by atoms with Gasteiger partial charge in [0.1, 0.15) is 0 Å². The van der Waals surface area contributed by atoms with Crippen molar-refractivity contribution in [2.45, 2.75) is 38.8 Å². The summed E-state index contributed by atoms with van der Waals surface area (Å²) in [6.07, 6.45) is 1.81. The molecule has 3 N–H and O–H groups in total. The van der Waals surface area contributed by atoms with Gasteiger partial charge in [-0.25, -0.2) is 0 Å². The largest absolute Gasteiger partial charge is 0.504 e. The molecule has 0 saturated carbocycles. The summed E-state index contributed by atoms with van der Waals surface area (Å²) in [6, 6.07) is 4.89. The summed E-state index contributed by atoms with van der Waals surface area (Å²) in [5, 5.41) is 22.8. The highest BCUT2D eigenvalue weighted by atomic mass is 16.3. The summed E-state index contributed by atoms with van der Waals surface area (Å²) >= 11 is 0. The van der Waals surface area contributed by atoms with E-state index in [0.29, 0.717) is 6.54 Å². The summed E-state index contributed by atoms with van der Waals surface area (Å²) in [5.41, 5.74) is 0.167. The molecule has 1 amide bonds. The number of rotatable bonds is 3. The third-order valence-electron chi connectivity index (χ3n) is 3.97. The van der Waals surface area contributed by atoms with Crippen LogP contribution in [0.2, 0.25) is 0 Å². The third-order valence-corrected chi connectivity index (χ3v) is 3.97. The van der Waals surface area contributed by atoms with Crippen LogP contribution in [0.5, 0.6) is 11.5 Å². The van der Waals surface area contributed by atoms with Crippen LogP contribution in [0.15, 0.2) is 18.2 Å². The van der Waals surface area contributed by atoms with Gasteiger partial charge in [-0.2, -0.15) is 0 Å². The minimum Gasteiger partial charge on any atom is -0.504 e. The fourth-order valence-corrected chi connectivity index (χ4v) is 2.61. The van der Waals surface area contributed by atoms with Crippen molar-refractivity contribution in [3.05, 3.63) is 23.8 Å². The molecule has 1 aliphatic heterocycles. The summed E-state index contributed by atoms with van der Waals surface area (Å²) in [6.45, 7) is 5.52. The van der Waals surface area contributed by atoms with Crippen molar-refractivity contribution in [2.24, 2.45) is 0 Å². The Kier molecular flexibility index (Phi) is 4.49. The van der Waals surface area contributed by atoms with E-state index in [4.69, 9.17) is 0 Å². The minimum atomic E-state index is -0.334. The molecule has 0 radical (unpaired) electrons. The van der Waals surface area contributed by atoms with Crippen LogP contribution < -0.4 is 5.32 Å². The predicted octanol–water partition coefficient (Wildman–Crippen LogP) is 1.70. The zero-order valence-electron chi connectivity index (χ0n) is 12.0. The lowest BCUT2D eigenvalue weighted by atomic mass is 10.0. The van der Waals surface area contributed by atoms with Gasteiger partial charge in [-0.15, -0.1) is 0 Å². The number of nitrogens with one attached hydrogen (secondary N) is 1. The number of phenolic OH excluding ortho intramolecular Hbond substituents is 2. The molecule has 2 atom stereocenters. The van der Waals surface area contributed by atoms with Crippen molar-refractivity contribution < 1.29 is 15.0 Å². The maximum atomic E-state index is 12.6. The molecule has 1 heterocycles. The van der Waals surface area contributed by atoms with Crippen LogP contribution in [0.1, 0.15) is 37.0 Å². The smallest absolute Gasteiger partial charge is 0.258 e. The second-order valence-electron chi connectivity index (χ2n) is 5.21. The van der Waals surface area contributed by atoms with Crippen molar-refractivity contribution >= 4 is 5.91 Å². The number of phenols is 2. The standard InChI is InChI=1S/C15H22N2O3/c1-3-10-9-17(11(4-2)8-16-10)15(20)12-6-5-7-13(18)14(12)19/h5-7,10-11,16,18-19H,3-4,8-9H2,1-2H3. The number of carbonyl (C=O) groups excluding carboxylic acids is 1. The Balaban J connectivity index is 2.27. The van der Waals surface area contributed by atoms with E-state index >= 15 is 0 Å². The Morgan fingerprint density at radius 1 is 1.35 bits per heavy atom. The molecule has 2 rings (SSSR count). The molecule has 20 heavy (non-hydrogen) atoms. The van der Waals surface area contributed by atoms with Gasteiger partial charge in [0, 0.05) is 25.2 Å². The Bertz CT molecular complexity index is 490. The molecule has 0 aromatic heterocycles. The molecular formula is C15H22N2O3. The second-order valence-corrected chi connectivity index (χ2v) is 5.21. The molecule has 0 bridgehead atoms. The van der Waals surface area contributed by atoms with Gasteiger partial charge in [0.15, 0.2) is 11.5 Å². The second kappa shape index (κ2) is 6.13. The number of piperazine rings is 1. The molecule has 1 aromatic rings. The lowest BCUT2D eigenvalue weighted by molar-refractivity contribution is 0.0572. The maximum Gasteiger partial charge on any atom is 0.258 e. The van der Waals surface area contributed by atoms with Crippen LogP contribution in [-0.2, 0) is 0 Å². The number of carbonyl (C=O) groups is 1. The Morgan fingerprint density at radius 2 is 2.10 bits per heavy atom. The number of para-hydroxylation sites is 1. The highest BCUT2D eigenvalue weighted by Crippen LogP contribution is 2.30. The average Bonchev–Trinajstić information content (AvgIpc) is 2.48. The van der Waals surface area contributed by atoms with Crippen molar-refractivity contribution in [3.63, 3.8) is 0 Å². The van der Waals surface area contributed by atoms with Gasteiger partial charge in [-0.3, -0.25) is 4.79 Å². The van der Waals surface area contributed by atoms with E-state index in [1.54, 1.807) is 17.0 Å². The number of benzene rings is 1. The van der Waals surface area contributed by atoms with Crippen molar-refractivity contribution in [1.82, 2.24) is 10.2 Å².